The van der Waals surface area contributed by atoms with Gasteiger partial charge in [0.15, 0.2) is 0 Å². The van der Waals surface area contributed by atoms with Crippen molar-refractivity contribution in [2.45, 2.75) is 38.2 Å². The lowest BCUT2D eigenvalue weighted by Gasteiger charge is -2.39. The first-order valence-corrected chi connectivity index (χ1v) is 9.56. The molecule has 1 amide bonds. The zero-order chi connectivity index (χ0) is 19.9. The molecular weight excluding hydrogens is 368 g/mol. The standard InChI is InChI=1S/C20H23F2N3O3/c1-28-15-2-3-16-17(8-15)23-12-25(19(16)27)11-13-4-6-24(7-5-13)18(26)14-9-20(21,22)10-14/h2-3,8,12-14H,4-7,9-11H2,1H3. The third-order valence-electron chi connectivity index (χ3n) is 5.85. The molecule has 1 aliphatic heterocycles. The Hall–Kier alpha value is -2.51. The highest BCUT2D eigenvalue weighted by Crippen LogP contribution is 2.43. The van der Waals surface area contributed by atoms with E-state index in [1.165, 1.54) is 0 Å². The number of piperidine rings is 1. The molecular formula is C20H23F2N3O3. The number of carbonyl (C=O) groups excluding carboxylic acids is 1. The van der Waals surface area contributed by atoms with Crippen molar-refractivity contribution in [3.63, 3.8) is 0 Å². The maximum atomic E-state index is 13.0. The Balaban J connectivity index is 1.38. The van der Waals surface area contributed by atoms with Gasteiger partial charge in [0.1, 0.15) is 5.75 Å². The summed E-state index contributed by atoms with van der Waals surface area (Å²) in [6, 6.07) is 5.19. The monoisotopic (exact) mass is 391 g/mol. The molecule has 1 saturated carbocycles. The molecule has 0 atom stereocenters. The molecule has 2 aromatic rings. The summed E-state index contributed by atoms with van der Waals surface area (Å²) in [4.78, 5) is 31.1. The van der Waals surface area contributed by atoms with Crippen LogP contribution in [0.4, 0.5) is 8.78 Å². The van der Waals surface area contributed by atoms with E-state index in [9.17, 15) is 18.4 Å². The normalized spacial score (nSPS) is 20.2. The Kier molecular flexibility index (Phi) is 4.81. The number of hydrogen-bond donors (Lipinski definition) is 0. The molecule has 6 nitrogen and oxygen atoms in total. The number of aromatic nitrogens is 2. The van der Waals surface area contributed by atoms with Crippen molar-refractivity contribution in [2.75, 3.05) is 20.2 Å². The smallest absolute Gasteiger partial charge is 0.261 e. The van der Waals surface area contributed by atoms with Gasteiger partial charge in [0.2, 0.25) is 11.8 Å². The number of carbonyl (C=O) groups is 1. The van der Waals surface area contributed by atoms with E-state index in [1.54, 1.807) is 41.1 Å². The zero-order valence-electron chi connectivity index (χ0n) is 15.7. The first kappa shape index (κ1) is 18.8. The molecule has 0 radical (unpaired) electrons. The Labute approximate surface area is 161 Å². The minimum atomic E-state index is -2.67. The molecule has 1 saturated heterocycles. The Bertz CT molecular complexity index is 943. The zero-order valence-corrected chi connectivity index (χ0v) is 15.7. The number of benzene rings is 1. The molecule has 1 aromatic carbocycles. The predicted octanol–water partition coefficient (Wildman–Crippen LogP) is 2.69. The number of likely N-dealkylation sites (tertiary alicyclic amines) is 1. The van der Waals surface area contributed by atoms with E-state index in [1.807, 2.05) is 0 Å². The molecule has 1 aliphatic carbocycles. The second-order valence-electron chi connectivity index (χ2n) is 7.81. The quantitative estimate of drug-likeness (QED) is 0.804. The molecule has 1 aromatic heterocycles. The van der Waals surface area contributed by atoms with Crippen LogP contribution in [0.3, 0.4) is 0 Å². The third kappa shape index (κ3) is 3.59. The Morgan fingerprint density at radius 1 is 1.29 bits per heavy atom. The van der Waals surface area contributed by atoms with E-state index in [2.05, 4.69) is 4.98 Å². The van der Waals surface area contributed by atoms with Gasteiger partial charge in [-0.2, -0.15) is 0 Å². The highest BCUT2D eigenvalue weighted by molar-refractivity contribution is 5.80. The second-order valence-corrected chi connectivity index (χ2v) is 7.81. The van der Waals surface area contributed by atoms with Gasteiger partial charge in [0.25, 0.3) is 5.56 Å². The molecule has 0 bridgehead atoms. The van der Waals surface area contributed by atoms with Gasteiger partial charge in [-0.05, 0) is 30.9 Å². The number of hydrogen-bond acceptors (Lipinski definition) is 4. The van der Waals surface area contributed by atoms with Crippen LogP contribution in [-0.4, -0.2) is 46.5 Å². The molecule has 150 valence electrons. The summed E-state index contributed by atoms with van der Waals surface area (Å²) in [5.41, 5.74) is 0.501. The predicted molar refractivity (Wildman–Crippen MR) is 99.5 cm³/mol. The molecule has 28 heavy (non-hydrogen) atoms. The van der Waals surface area contributed by atoms with Gasteiger partial charge < -0.3 is 9.64 Å². The minimum absolute atomic E-state index is 0.0946. The van der Waals surface area contributed by atoms with Gasteiger partial charge in [-0.3, -0.25) is 14.2 Å². The second kappa shape index (κ2) is 7.14. The van der Waals surface area contributed by atoms with Crippen molar-refractivity contribution in [2.24, 2.45) is 11.8 Å². The summed E-state index contributed by atoms with van der Waals surface area (Å²) in [7, 11) is 1.57. The lowest BCUT2D eigenvalue weighted by atomic mass is 9.80. The molecule has 8 heteroatoms. The number of nitrogens with zero attached hydrogens (tertiary/aromatic N) is 3. The number of halogens is 2. The first-order chi connectivity index (χ1) is 13.4. The summed E-state index contributed by atoms with van der Waals surface area (Å²) >= 11 is 0. The topological polar surface area (TPSA) is 64.4 Å². The minimum Gasteiger partial charge on any atom is -0.497 e. The van der Waals surface area contributed by atoms with Gasteiger partial charge >= 0.3 is 0 Å². The number of ether oxygens (including phenoxy) is 1. The average Bonchev–Trinajstić information content (AvgIpc) is 2.68. The Morgan fingerprint density at radius 2 is 2.00 bits per heavy atom. The van der Waals surface area contributed by atoms with E-state index in [4.69, 9.17) is 4.74 Å². The van der Waals surface area contributed by atoms with E-state index in [0.29, 0.717) is 36.3 Å². The van der Waals surface area contributed by atoms with Crippen molar-refractivity contribution in [1.82, 2.24) is 14.5 Å². The van der Waals surface area contributed by atoms with Crippen LogP contribution in [0, 0.1) is 11.8 Å². The van der Waals surface area contributed by atoms with Crippen LogP contribution in [0.25, 0.3) is 10.9 Å². The maximum absolute atomic E-state index is 13.0. The first-order valence-electron chi connectivity index (χ1n) is 9.56. The SMILES string of the molecule is COc1ccc2c(=O)n(CC3CCN(C(=O)C4CC(F)(F)C4)CC3)cnc2c1. The lowest BCUT2D eigenvalue weighted by molar-refractivity contribution is -0.161. The largest absolute Gasteiger partial charge is 0.497 e. The number of methoxy groups -OCH3 is 1. The van der Waals surface area contributed by atoms with E-state index >= 15 is 0 Å². The molecule has 2 fully saturated rings. The summed E-state index contributed by atoms with van der Waals surface area (Å²) < 4.78 is 32.8. The lowest BCUT2D eigenvalue weighted by Crippen LogP contribution is -2.49. The number of amides is 1. The Morgan fingerprint density at radius 3 is 2.64 bits per heavy atom. The number of rotatable bonds is 4. The van der Waals surface area contributed by atoms with Crippen LogP contribution in [0.5, 0.6) is 5.75 Å². The van der Waals surface area contributed by atoms with Crippen molar-refractivity contribution in [1.29, 1.82) is 0 Å². The summed E-state index contributed by atoms with van der Waals surface area (Å²) in [5, 5.41) is 0.543. The van der Waals surface area contributed by atoms with Gasteiger partial charge in [0.05, 0.1) is 24.3 Å². The van der Waals surface area contributed by atoms with Gasteiger partial charge in [0, 0.05) is 44.5 Å². The highest BCUT2D eigenvalue weighted by Gasteiger charge is 2.49. The highest BCUT2D eigenvalue weighted by atomic mass is 19.3. The van der Waals surface area contributed by atoms with Crippen LogP contribution in [0.2, 0.25) is 0 Å². The average molecular weight is 391 g/mol. The van der Waals surface area contributed by atoms with E-state index < -0.39 is 11.8 Å². The molecule has 0 spiro atoms. The molecule has 2 heterocycles. The fourth-order valence-corrected chi connectivity index (χ4v) is 4.10. The fourth-order valence-electron chi connectivity index (χ4n) is 4.10. The molecule has 0 unspecified atom stereocenters. The van der Waals surface area contributed by atoms with Gasteiger partial charge in [-0.15, -0.1) is 0 Å². The number of alkyl halides is 2. The van der Waals surface area contributed by atoms with Crippen LogP contribution in [0.15, 0.2) is 29.3 Å². The van der Waals surface area contributed by atoms with Crippen molar-refractivity contribution in [3.05, 3.63) is 34.9 Å². The van der Waals surface area contributed by atoms with Crippen LogP contribution < -0.4 is 10.3 Å². The maximum Gasteiger partial charge on any atom is 0.261 e. The molecule has 0 N–H and O–H groups in total. The van der Waals surface area contributed by atoms with E-state index in [0.717, 1.165) is 12.8 Å². The fraction of sp³-hybridized carbons (Fsp3) is 0.550. The molecule has 4 rings (SSSR count). The third-order valence-corrected chi connectivity index (χ3v) is 5.85. The van der Waals surface area contributed by atoms with E-state index in [-0.39, 0.29) is 30.2 Å². The summed E-state index contributed by atoms with van der Waals surface area (Å²) in [6.45, 7) is 1.65. The van der Waals surface area contributed by atoms with Crippen LogP contribution >= 0.6 is 0 Å². The summed E-state index contributed by atoms with van der Waals surface area (Å²) in [6.07, 6.45) is 2.41. The van der Waals surface area contributed by atoms with Gasteiger partial charge in [-0.1, -0.05) is 0 Å². The van der Waals surface area contributed by atoms with Crippen molar-refractivity contribution < 1.29 is 18.3 Å². The van der Waals surface area contributed by atoms with Crippen molar-refractivity contribution >= 4 is 16.8 Å². The van der Waals surface area contributed by atoms with Gasteiger partial charge in [-0.25, -0.2) is 13.8 Å². The number of fused-ring (bicyclic) bond motifs is 1. The summed E-state index contributed by atoms with van der Waals surface area (Å²) in [5.74, 6) is -2.45. The van der Waals surface area contributed by atoms with Crippen LogP contribution in [-0.2, 0) is 11.3 Å². The van der Waals surface area contributed by atoms with Crippen LogP contribution in [0.1, 0.15) is 25.7 Å². The molecule has 2 aliphatic rings. The van der Waals surface area contributed by atoms with Crippen molar-refractivity contribution in [3.8, 4) is 5.75 Å².